The number of benzene rings is 3. The van der Waals surface area contributed by atoms with Crippen molar-refractivity contribution in [2.24, 2.45) is 0 Å². The van der Waals surface area contributed by atoms with Crippen LogP contribution in [0.3, 0.4) is 0 Å². The van der Waals surface area contributed by atoms with Gasteiger partial charge < -0.3 is 10.1 Å². The maximum atomic E-state index is 13.5. The Balaban J connectivity index is 1.78. The molecule has 0 bridgehead atoms. The van der Waals surface area contributed by atoms with E-state index in [-0.39, 0.29) is 0 Å². The van der Waals surface area contributed by atoms with Gasteiger partial charge in [0.25, 0.3) is 0 Å². The third kappa shape index (κ3) is 4.76. The van der Waals surface area contributed by atoms with Crippen molar-refractivity contribution in [1.29, 1.82) is 0 Å². The van der Waals surface area contributed by atoms with Crippen molar-refractivity contribution < 1.29 is 17.9 Å². The van der Waals surface area contributed by atoms with Gasteiger partial charge in [-0.2, -0.15) is 13.2 Å². The summed E-state index contributed by atoms with van der Waals surface area (Å²) in [4.78, 5) is 0. The van der Waals surface area contributed by atoms with Gasteiger partial charge in [0.15, 0.2) is 0 Å². The highest BCUT2D eigenvalue weighted by atomic mass is 19.4. The molecule has 0 saturated carbocycles. The highest BCUT2D eigenvalue weighted by Gasteiger charge is 2.32. The van der Waals surface area contributed by atoms with Gasteiger partial charge in [-0.05, 0) is 71.9 Å². The van der Waals surface area contributed by atoms with Gasteiger partial charge in [-0.15, -0.1) is 0 Å². The quantitative estimate of drug-likeness (QED) is 0.445. The number of nitrogens with one attached hydrogen (secondary N) is 1. The van der Waals surface area contributed by atoms with Crippen LogP contribution in [0.1, 0.15) is 41.5 Å². The Labute approximate surface area is 180 Å². The molecule has 0 fully saturated rings. The molecule has 0 amide bonds. The Hall–Kier alpha value is -3.21. The molecule has 2 nitrogen and oxygen atoms in total. The summed E-state index contributed by atoms with van der Waals surface area (Å²) in [5.41, 5.74) is 4.87. The van der Waals surface area contributed by atoms with Gasteiger partial charge in [-0.25, -0.2) is 0 Å². The summed E-state index contributed by atoms with van der Waals surface area (Å²) in [7, 11) is 1.85. The molecule has 0 atom stereocenters. The Morgan fingerprint density at radius 2 is 1.65 bits per heavy atom. The smallest absolute Gasteiger partial charge is 0.416 e. The van der Waals surface area contributed by atoms with Crippen molar-refractivity contribution in [1.82, 2.24) is 0 Å². The van der Waals surface area contributed by atoms with E-state index in [0.29, 0.717) is 17.9 Å². The number of hydrogen-bond donors (Lipinski definition) is 1. The monoisotopic (exact) mass is 423 g/mol. The molecule has 1 aliphatic carbocycles. The van der Waals surface area contributed by atoms with Crippen molar-refractivity contribution in [3.05, 3.63) is 95.1 Å². The third-order valence-electron chi connectivity index (χ3n) is 5.59. The minimum absolute atomic E-state index is 0.303. The molecular weight excluding hydrogens is 399 g/mol. The summed E-state index contributed by atoms with van der Waals surface area (Å²) >= 11 is 0. The van der Waals surface area contributed by atoms with Crippen molar-refractivity contribution in [2.45, 2.75) is 32.0 Å². The number of ether oxygens (including phenoxy) is 1. The van der Waals surface area contributed by atoms with Crippen molar-refractivity contribution in [3.63, 3.8) is 0 Å². The minimum atomic E-state index is -4.40. The van der Waals surface area contributed by atoms with E-state index in [1.165, 1.54) is 12.1 Å². The van der Waals surface area contributed by atoms with Crippen LogP contribution in [0.4, 0.5) is 18.9 Å². The van der Waals surface area contributed by atoms with Crippen LogP contribution < -0.4 is 10.1 Å². The Bertz CT molecular complexity index is 1090. The van der Waals surface area contributed by atoms with Gasteiger partial charge in [-0.3, -0.25) is 0 Å². The van der Waals surface area contributed by atoms with Crippen LogP contribution in [0, 0.1) is 0 Å². The molecule has 31 heavy (non-hydrogen) atoms. The first-order valence-electron chi connectivity index (χ1n) is 10.3. The third-order valence-corrected chi connectivity index (χ3v) is 5.59. The average molecular weight is 423 g/mol. The second kappa shape index (κ2) is 8.88. The number of hydrogen-bond acceptors (Lipinski definition) is 2. The summed E-state index contributed by atoms with van der Waals surface area (Å²) in [6, 6.07) is 21.4. The topological polar surface area (TPSA) is 21.3 Å². The molecule has 0 radical (unpaired) electrons. The van der Waals surface area contributed by atoms with Crippen LogP contribution in [0.15, 0.2) is 72.8 Å². The molecule has 0 aromatic heterocycles. The van der Waals surface area contributed by atoms with Crippen LogP contribution in [-0.2, 0) is 12.8 Å². The van der Waals surface area contributed by atoms with E-state index < -0.39 is 11.7 Å². The van der Waals surface area contributed by atoms with Crippen LogP contribution in [0.25, 0.3) is 11.1 Å². The van der Waals surface area contributed by atoms with Crippen LogP contribution in [0.5, 0.6) is 5.75 Å². The summed E-state index contributed by atoms with van der Waals surface area (Å²) in [6.45, 7) is 0.303. The first-order chi connectivity index (χ1) is 15.0. The molecule has 4 rings (SSSR count). The van der Waals surface area contributed by atoms with Gasteiger partial charge in [0.2, 0.25) is 0 Å². The minimum Gasteiger partial charge on any atom is -0.488 e. The first kappa shape index (κ1) is 21.0. The standard InChI is InChI=1S/C26H24F3NO/c1-30-21-10-5-9-19(15-21)22-11-6-12-23(22)24-16-20(26(27,28)29)13-14-25(24)31-17-18-7-3-2-4-8-18/h2-5,7-10,13-16,30H,6,11-12,17H2,1H3. The fourth-order valence-electron chi connectivity index (χ4n) is 4.03. The lowest BCUT2D eigenvalue weighted by Crippen LogP contribution is -2.07. The molecule has 0 aliphatic heterocycles. The Morgan fingerprint density at radius 3 is 2.39 bits per heavy atom. The molecule has 1 aliphatic rings. The number of allylic oxidation sites excluding steroid dienone is 2. The lowest BCUT2D eigenvalue weighted by atomic mass is 9.94. The maximum absolute atomic E-state index is 13.5. The van der Waals surface area contributed by atoms with Crippen LogP contribution in [0.2, 0.25) is 0 Å². The fourth-order valence-corrected chi connectivity index (χ4v) is 4.03. The van der Waals surface area contributed by atoms with E-state index >= 15 is 0 Å². The highest BCUT2D eigenvalue weighted by molar-refractivity contribution is 5.95. The predicted octanol–water partition coefficient (Wildman–Crippen LogP) is 7.42. The summed E-state index contributed by atoms with van der Waals surface area (Å²) < 4.78 is 46.5. The molecule has 3 aromatic rings. The van der Waals surface area contributed by atoms with Crippen LogP contribution in [-0.4, -0.2) is 7.05 Å². The van der Waals surface area contributed by atoms with E-state index in [4.69, 9.17) is 4.74 Å². The second-order valence-electron chi connectivity index (χ2n) is 7.62. The van der Waals surface area contributed by atoms with Crippen molar-refractivity contribution in [2.75, 3.05) is 12.4 Å². The summed E-state index contributed by atoms with van der Waals surface area (Å²) in [5, 5.41) is 3.13. The lowest BCUT2D eigenvalue weighted by molar-refractivity contribution is -0.137. The zero-order chi connectivity index (χ0) is 21.8. The molecule has 0 spiro atoms. The summed E-state index contributed by atoms with van der Waals surface area (Å²) in [6.07, 6.45) is -1.94. The number of halogens is 3. The molecular formula is C26H24F3NO. The zero-order valence-corrected chi connectivity index (χ0v) is 17.3. The molecule has 3 aromatic carbocycles. The molecule has 0 heterocycles. The molecule has 0 saturated heterocycles. The molecule has 1 N–H and O–H groups in total. The molecule has 160 valence electrons. The zero-order valence-electron chi connectivity index (χ0n) is 17.3. The highest BCUT2D eigenvalue weighted by Crippen LogP contribution is 2.45. The molecule has 5 heteroatoms. The van der Waals surface area contributed by atoms with Crippen molar-refractivity contribution in [3.8, 4) is 5.75 Å². The van der Waals surface area contributed by atoms with E-state index in [1.807, 2.05) is 61.6 Å². The average Bonchev–Trinajstić information content (AvgIpc) is 3.27. The molecule has 0 unspecified atom stereocenters. The largest absolute Gasteiger partial charge is 0.488 e. The number of anilines is 1. The number of alkyl halides is 3. The van der Waals surface area contributed by atoms with E-state index in [1.54, 1.807) is 0 Å². The Morgan fingerprint density at radius 1 is 0.871 bits per heavy atom. The first-order valence-corrected chi connectivity index (χ1v) is 10.3. The van der Waals surface area contributed by atoms with Gasteiger partial charge in [-0.1, -0.05) is 42.5 Å². The van der Waals surface area contributed by atoms with E-state index in [9.17, 15) is 13.2 Å². The lowest BCUT2D eigenvalue weighted by Gasteiger charge is -2.17. The normalized spacial score (nSPS) is 14.1. The van der Waals surface area contributed by atoms with Gasteiger partial charge >= 0.3 is 6.18 Å². The van der Waals surface area contributed by atoms with Crippen molar-refractivity contribution >= 4 is 16.8 Å². The van der Waals surface area contributed by atoms with Gasteiger partial charge in [0, 0.05) is 18.3 Å². The van der Waals surface area contributed by atoms with Crippen LogP contribution >= 0.6 is 0 Å². The fraction of sp³-hybridized carbons (Fsp3) is 0.231. The van der Waals surface area contributed by atoms with Gasteiger partial charge in [0.1, 0.15) is 12.4 Å². The Kier molecular flexibility index (Phi) is 6.03. The van der Waals surface area contributed by atoms with E-state index in [2.05, 4.69) is 5.32 Å². The number of rotatable bonds is 6. The van der Waals surface area contributed by atoms with Gasteiger partial charge in [0.05, 0.1) is 5.56 Å². The second-order valence-corrected chi connectivity index (χ2v) is 7.62. The summed E-state index contributed by atoms with van der Waals surface area (Å²) in [5.74, 6) is 0.482. The SMILES string of the molecule is CNc1cccc(C2=C(c3cc(C(F)(F)F)ccc3OCc3ccccc3)CCC2)c1. The maximum Gasteiger partial charge on any atom is 0.416 e. The predicted molar refractivity (Wildman–Crippen MR) is 119 cm³/mol. The van der Waals surface area contributed by atoms with E-state index in [0.717, 1.165) is 53.3 Å².